The number of nitrogens with one attached hydrogen (secondary N) is 1. The SMILES string of the molecule is CCCc1nn(C)c2c1N=C(c1cc(/S(N)=N/C#N)ccc1OCC)NC2O. The normalized spacial score (nSPS) is 16.7. The van der Waals surface area contributed by atoms with Crippen molar-refractivity contribution in [2.24, 2.45) is 21.5 Å². The summed E-state index contributed by atoms with van der Waals surface area (Å²) in [5.41, 5.74) is 2.78. The molecule has 0 radical (unpaired) electrons. The molecule has 10 heteroatoms. The lowest BCUT2D eigenvalue weighted by molar-refractivity contribution is 0.152. The molecular formula is C18H23N7O2S. The van der Waals surface area contributed by atoms with Crippen molar-refractivity contribution >= 4 is 22.4 Å². The van der Waals surface area contributed by atoms with Crippen LogP contribution in [0.2, 0.25) is 0 Å². The molecule has 2 heterocycles. The third-order valence-corrected chi connectivity index (χ3v) is 5.28. The molecule has 1 aliphatic rings. The van der Waals surface area contributed by atoms with Crippen molar-refractivity contribution in [2.75, 3.05) is 6.61 Å². The molecule has 0 bridgehead atoms. The van der Waals surface area contributed by atoms with Crippen LogP contribution in [0.15, 0.2) is 32.4 Å². The van der Waals surface area contributed by atoms with E-state index in [4.69, 9.17) is 20.1 Å². The Morgan fingerprint density at radius 2 is 2.25 bits per heavy atom. The maximum atomic E-state index is 10.7. The zero-order valence-corrected chi connectivity index (χ0v) is 16.8. The predicted molar refractivity (Wildman–Crippen MR) is 107 cm³/mol. The van der Waals surface area contributed by atoms with Crippen molar-refractivity contribution in [3.8, 4) is 11.9 Å². The molecule has 0 spiro atoms. The van der Waals surface area contributed by atoms with Crippen LogP contribution in [0.25, 0.3) is 0 Å². The number of aryl methyl sites for hydroxylation is 2. The number of aliphatic imine (C=N–C) groups is 1. The van der Waals surface area contributed by atoms with Gasteiger partial charge in [-0.3, -0.25) is 9.82 Å². The van der Waals surface area contributed by atoms with Crippen molar-refractivity contribution < 1.29 is 9.84 Å². The Labute approximate surface area is 166 Å². The molecule has 1 aliphatic heterocycles. The van der Waals surface area contributed by atoms with Crippen molar-refractivity contribution in [2.45, 2.75) is 37.8 Å². The number of rotatable bonds is 6. The second-order valence-corrected chi connectivity index (χ2v) is 7.44. The average molecular weight is 401 g/mol. The highest BCUT2D eigenvalue weighted by Gasteiger charge is 2.29. The van der Waals surface area contributed by atoms with Crippen molar-refractivity contribution in [1.29, 1.82) is 5.26 Å². The van der Waals surface area contributed by atoms with Gasteiger partial charge in [0.2, 0.25) is 6.19 Å². The van der Waals surface area contributed by atoms with E-state index in [1.807, 2.05) is 6.92 Å². The number of benzene rings is 1. The van der Waals surface area contributed by atoms with E-state index in [1.54, 1.807) is 36.1 Å². The molecule has 2 atom stereocenters. The van der Waals surface area contributed by atoms with Crippen LogP contribution in [0, 0.1) is 11.5 Å². The number of aliphatic hydroxyl groups is 1. The fraction of sp³-hybridized carbons (Fsp3) is 0.389. The van der Waals surface area contributed by atoms with E-state index in [9.17, 15) is 5.11 Å². The van der Waals surface area contributed by atoms with E-state index in [2.05, 4.69) is 21.7 Å². The summed E-state index contributed by atoms with van der Waals surface area (Å²) in [6.45, 7) is 4.43. The standard InChI is InChI=1S/C18H23N7O2S/c1-4-6-13-15-16(25(3)24-13)18(26)23-17(22-15)12-9-11(28(20)21-10-19)7-8-14(12)27-5-2/h7-9,18,26H,4-6H2,1-3H3,(H2,20,21)(H,22,23). The van der Waals surface area contributed by atoms with Gasteiger partial charge in [0.1, 0.15) is 23.0 Å². The van der Waals surface area contributed by atoms with E-state index in [0.29, 0.717) is 40.0 Å². The molecular weight excluding hydrogens is 378 g/mol. The van der Waals surface area contributed by atoms with E-state index >= 15 is 0 Å². The lowest BCUT2D eigenvalue weighted by Crippen LogP contribution is -2.33. The second kappa shape index (κ2) is 8.52. The molecule has 2 aromatic rings. The quantitative estimate of drug-likeness (QED) is 0.634. The molecule has 4 N–H and O–H groups in total. The Hall–Kier alpha value is -2.74. The van der Waals surface area contributed by atoms with Gasteiger partial charge in [-0.05, 0) is 31.5 Å². The molecule has 0 saturated heterocycles. The van der Waals surface area contributed by atoms with Crippen LogP contribution in [0.3, 0.4) is 0 Å². The number of nitrogens with zero attached hydrogens (tertiary/aromatic N) is 5. The number of hydrogen-bond donors (Lipinski definition) is 3. The van der Waals surface area contributed by atoms with Gasteiger partial charge in [0.05, 0.1) is 17.9 Å². The van der Waals surface area contributed by atoms with Crippen molar-refractivity contribution in [1.82, 2.24) is 15.1 Å². The van der Waals surface area contributed by atoms with Gasteiger partial charge in [0.15, 0.2) is 6.23 Å². The summed E-state index contributed by atoms with van der Waals surface area (Å²) in [5, 5.41) is 32.9. The Kier molecular flexibility index (Phi) is 6.08. The molecule has 0 amide bonds. The number of fused-ring (bicyclic) bond motifs is 1. The number of amidine groups is 1. The van der Waals surface area contributed by atoms with Gasteiger partial charge in [-0.15, -0.1) is 4.36 Å². The molecule has 1 aromatic carbocycles. The van der Waals surface area contributed by atoms with Gasteiger partial charge in [0, 0.05) is 22.8 Å². The first-order valence-electron chi connectivity index (χ1n) is 8.95. The highest BCUT2D eigenvalue weighted by atomic mass is 32.2. The number of nitriles is 1. The Morgan fingerprint density at radius 1 is 1.46 bits per heavy atom. The number of aromatic nitrogens is 2. The largest absolute Gasteiger partial charge is 0.493 e. The summed E-state index contributed by atoms with van der Waals surface area (Å²) in [7, 11) is 0.720. The Balaban J connectivity index is 2.15. The molecule has 3 rings (SSSR count). The minimum atomic E-state index is -1.07. The second-order valence-electron chi connectivity index (χ2n) is 6.16. The summed E-state index contributed by atoms with van der Waals surface area (Å²) >= 11 is 0. The fourth-order valence-corrected chi connectivity index (χ4v) is 3.74. The van der Waals surface area contributed by atoms with Gasteiger partial charge in [-0.2, -0.15) is 10.4 Å². The average Bonchev–Trinajstić information content (AvgIpc) is 2.99. The van der Waals surface area contributed by atoms with Crippen LogP contribution in [-0.4, -0.2) is 27.3 Å². The number of nitrogens with two attached hydrogens (primary N) is 1. The first-order chi connectivity index (χ1) is 13.5. The van der Waals surface area contributed by atoms with Crippen LogP contribution in [0.4, 0.5) is 5.69 Å². The molecule has 0 saturated carbocycles. The molecule has 9 nitrogen and oxygen atoms in total. The Morgan fingerprint density at radius 3 is 2.93 bits per heavy atom. The first-order valence-corrected chi connectivity index (χ1v) is 10.2. The third kappa shape index (κ3) is 3.77. The van der Waals surface area contributed by atoms with Crippen LogP contribution in [0.1, 0.15) is 43.4 Å². The van der Waals surface area contributed by atoms with Gasteiger partial charge in [-0.1, -0.05) is 13.3 Å². The fourth-order valence-electron chi connectivity index (χ4n) is 3.10. The zero-order valence-electron chi connectivity index (χ0n) is 16.0. The molecule has 28 heavy (non-hydrogen) atoms. The lowest BCUT2D eigenvalue weighted by Gasteiger charge is -2.23. The van der Waals surface area contributed by atoms with Crippen molar-refractivity contribution in [3.63, 3.8) is 0 Å². The predicted octanol–water partition coefficient (Wildman–Crippen LogP) is 1.96. The van der Waals surface area contributed by atoms with E-state index < -0.39 is 17.1 Å². The molecule has 2 unspecified atom stereocenters. The van der Waals surface area contributed by atoms with Crippen LogP contribution >= 0.6 is 0 Å². The van der Waals surface area contributed by atoms with E-state index in [-0.39, 0.29) is 0 Å². The van der Waals surface area contributed by atoms with Gasteiger partial charge >= 0.3 is 0 Å². The smallest absolute Gasteiger partial charge is 0.213 e. The summed E-state index contributed by atoms with van der Waals surface area (Å²) in [6, 6.07) is 5.33. The topological polar surface area (TPSA) is 134 Å². The summed E-state index contributed by atoms with van der Waals surface area (Å²) in [5.74, 6) is 1.06. The summed E-state index contributed by atoms with van der Waals surface area (Å²) < 4.78 is 11.1. The van der Waals surface area contributed by atoms with E-state index in [0.717, 1.165) is 18.5 Å². The maximum Gasteiger partial charge on any atom is 0.213 e. The molecule has 148 valence electrons. The summed E-state index contributed by atoms with van der Waals surface area (Å²) in [6.07, 6.45) is 2.46. The molecule has 1 aromatic heterocycles. The van der Waals surface area contributed by atoms with Gasteiger partial charge < -0.3 is 15.2 Å². The van der Waals surface area contributed by atoms with E-state index in [1.165, 1.54) is 0 Å². The summed E-state index contributed by atoms with van der Waals surface area (Å²) in [4.78, 5) is 5.41. The Bertz CT molecular complexity index is 991. The van der Waals surface area contributed by atoms with Gasteiger partial charge in [-0.25, -0.2) is 4.99 Å². The highest BCUT2D eigenvalue weighted by molar-refractivity contribution is 7.85. The highest BCUT2D eigenvalue weighted by Crippen LogP contribution is 2.34. The van der Waals surface area contributed by atoms with Gasteiger partial charge in [0.25, 0.3) is 0 Å². The van der Waals surface area contributed by atoms with Crippen LogP contribution < -0.4 is 15.2 Å². The third-order valence-electron chi connectivity index (χ3n) is 4.26. The zero-order chi connectivity index (χ0) is 20.3. The van der Waals surface area contributed by atoms with Crippen LogP contribution in [-0.2, 0) is 24.3 Å². The minimum Gasteiger partial charge on any atom is -0.493 e. The number of hydrogen-bond acceptors (Lipinski definition) is 7. The maximum absolute atomic E-state index is 10.7. The first kappa shape index (κ1) is 20.0. The van der Waals surface area contributed by atoms with Crippen molar-refractivity contribution in [3.05, 3.63) is 35.2 Å². The van der Waals surface area contributed by atoms with Crippen LogP contribution in [0.5, 0.6) is 5.75 Å². The number of aliphatic hydroxyl groups excluding tert-OH is 1. The number of ether oxygens (including phenoxy) is 1. The minimum absolute atomic E-state index is 0.463. The lowest BCUT2D eigenvalue weighted by atomic mass is 10.1. The molecule has 0 aliphatic carbocycles. The molecule has 0 fully saturated rings. The monoisotopic (exact) mass is 401 g/mol.